The van der Waals surface area contributed by atoms with Crippen LogP contribution in [-0.4, -0.2) is 15.1 Å². The summed E-state index contributed by atoms with van der Waals surface area (Å²) in [5.74, 6) is 2.77. The number of nitrogens with zero attached hydrogens (tertiary/aromatic N) is 3. The zero-order valence-corrected chi connectivity index (χ0v) is 21.2. The molecule has 0 radical (unpaired) electrons. The molecule has 37 heavy (non-hydrogen) atoms. The van der Waals surface area contributed by atoms with E-state index < -0.39 is 0 Å². The molecule has 184 valence electrons. The average Bonchev–Trinajstić information content (AvgIpc) is 2.90. The summed E-state index contributed by atoms with van der Waals surface area (Å²) >= 11 is 0. The van der Waals surface area contributed by atoms with Gasteiger partial charge in [0.2, 0.25) is 5.88 Å². The molecule has 0 atom stereocenters. The van der Waals surface area contributed by atoms with Gasteiger partial charge in [-0.05, 0) is 71.1 Å². The van der Waals surface area contributed by atoms with Crippen LogP contribution in [0.1, 0.15) is 26.3 Å². The topological polar surface area (TPSA) is 58.5 Å². The number of phenols is 1. The van der Waals surface area contributed by atoms with E-state index in [1.165, 1.54) is 0 Å². The number of hydrogen-bond donors (Lipinski definition) is 1. The zero-order valence-electron chi connectivity index (χ0n) is 21.2. The first-order valence-electron chi connectivity index (χ1n) is 12.2. The number of ether oxygens (including phenoxy) is 1. The third kappa shape index (κ3) is 5.46. The van der Waals surface area contributed by atoms with Gasteiger partial charge in [0.25, 0.3) is 0 Å². The van der Waals surface area contributed by atoms with Crippen molar-refractivity contribution in [3.05, 3.63) is 121 Å². The van der Waals surface area contributed by atoms with Crippen LogP contribution in [0.3, 0.4) is 0 Å². The van der Waals surface area contributed by atoms with Crippen LogP contribution in [0.4, 0.5) is 17.3 Å². The van der Waals surface area contributed by atoms with E-state index in [9.17, 15) is 5.11 Å². The van der Waals surface area contributed by atoms with Crippen molar-refractivity contribution >= 4 is 17.3 Å². The molecule has 0 saturated heterocycles. The third-order valence-electron chi connectivity index (χ3n) is 6.06. The highest BCUT2D eigenvalue weighted by Gasteiger charge is 2.17. The van der Waals surface area contributed by atoms with Gasteiger partial charge in [-0.3, -0.25) is 4.90 Å². The maximum atomic E-state index is 10.6. The van der Waals surface area contributed by atoms with Crippen molar-refractivity contribution in [2.75, 3.05) is 4.90 Å². The number of para-hydroxylation sites is 1. The lowest BCUT2D eigenvalue weighted by Gasteiger charge is -2.23. The fraction of sp³-hybridized carbons (Fsp3) is 0.125. The molecule has 1 N–H and O–H groups in total. The van der Waals surface area contributed by atoms with Crippen LogP contribution in [0.2, 0.25) is 0 Å². The number of benzene rings is 3. The molecule has 0 bridgehead atoms. The number of rotatable bonds is 6. The van der Waals surface area contributed by atoms with E-state index in [0.717, 1.165) is 28.2 Å². The molecule has 0 unspecified atom stereocenters. The molecule has 0 aliphatic heterocycles. The summed E-state index contributed by atoms with van der Waals surface area (Å²) in [5, 5.41) is 10.6. The monoisotopic (exact) mass is 487 g/mol. The van der Waals surface area contributed by atoms with E-state index in [1.54, 1.807) is 12.3 Å². The summed E-state index contributed by atoms with van der Waals surface area (Å²) < 4.78 is 6.20. The predicted molar refractivity (Wildman–Crippen MR) is 149 cm³/mol. The Hall–Kier alpha value is -4.64. The molecule has 0 aliphatic rings. The number of aromatic hydroxyl groups is 1. The Morgan fingerprint density at radius 2 is 1.49 bits per heavy atom. The highest BCUT2D eigenvalue weighted by Crippen LogP contribution is 2.37. The van der Waals surface area contributed by atoms with Crippen LogP contribution in [0.5, 0.6) is 17.4 Å². The molecule has 3 aromatic carbocycles. The Morgan fingerprint density at radius 1 is 0.730 bits per heavy atom. The van der Waals surface area contributed by atoms with Crippen LogP contribution in [-0.2, 0) is 5.41 Å². The SMILES string of the molecule is CC(C)(C)c1ccc(O)c(-c2cccc(Oc3cccc(N(c4ccccc4)c4ccccn4)n3)c2)c1. The van der Waals surface area contributed by atoms with E-state index >= 15 is 0 Å². The molecule has 5 aromatic rings. The molecule has 0 saturated carbocycles. The van der Waals surface area contributed by atoms with Crippen LogP contribution in [0.25, 0.3) is 11.1 Å². The summed E-state index contributed by atoms with van der Waals surface area (Å²) in [5.41, 5.74) is 3.71. The van der Waals surface area contributed by atoms with E-state index in [-0.39, 0.29) is 11.2 Å². The maximum Gasteiger partial charge on any atom is 0.221 e. The highest BCUT2D eigenvalue weighted by atomic mass is 16.5. The lowest BCUT2D eigenvalue weighted by molar-refractivity contribution is 0.463. The summed E-state index contributed by atoms with van der Waals surface area (Å²) in [7, 11) is 0. The summed E-state index contributed by atoms with van der Waals surface area (Å²) in [6.45, 7) is 6.47. The van der Waals surface area contributed by atoms with E-state index in [2.05, 4.69) is 25.8 Å². The quantitative estimate of drug-likeness (QED) is 0.260. The number of pyridine rings is 2. The molecule has 0 spiro atoms. The van der Waals surface area contributed by atoms with Crippen molar-refractivity contribution in [3.63, 3.8) is 0 Å². The standard InChI is InChI=1S/C32H29N3O2/c1-32(2,3)24-18-19-28(36)27(22-24)23-11-9-14-26(21-23)37-31-17-10-16-30(34-31)35(25-12-5-4-6-13-25)29-15-7-8-20-33-29/h4-22,36H,1-3H3. The minimum Gasteiger partial charge on any atom is -0.507 e. The van der Waals surface area contributed by atoms with Gasteiger partial charge in [0, 0.05) is 23.5 Å². The van der Waals surface area contributed by atoms with Crippen molar-refractivity contribution in [1.29, 1.82) is 0 Å². The van der Waals surface area contributed by atoms with Crippen LogP contribution in [0, 0.1) is 0 Å². The minimum atomic E-state index is -0.0286. The van der Waals surface area contributed by atoms with Gasteiger partial charge in [-0.2, -0.15) is 4.98 Å². The van der Waals surface area contributed by atoms with Gasteiger partial charge < -0.3 is 9.84 Å². The maximum absolute atomic E-state index is 10.6. The lowest BCUT2D eigenvalue weighted by Crippen LogP contribution is -2.12. The largest absolute Gasteiger partial charge is 0.507 e. The van der Waals surface area contributed by atoms with Crippen LogP contribution >= 0.6 is 0 Å². The molecule has 2 aromatic heterocycles. The molecule has 2 heterocycles. The van der Waals surface area contributed by atoms with Gasteiger partial charge in [0.05, 0.1) is 0 Å². The second-order valence-electron chi connectivity index (χ2n) is 9.80. The van der Waals surface area contributed by atoms with Gasteiger partial charge in [-0.15, -0.1) is 0 Å². The van der Waals surface area contributed by atoms with Crippen molar-refractivity contribution in [2.24, 2.45) is 0 Å². The van der Waals surface area contributed by atoms with E-state index in [1.807, 2.05) is 108 Å². The lowest BCUT2D eigenvalue weighted by atomic mass is 9.85. The molecule has 0 fully saturated rings. The highest BCUT2D eigenvalue weighted by molar-refractivity contribution is 5.73. The fourth-order valence-corrected chi connectivity index (χ4v) is 4.11. The average molecular weight is 488 g/mol. The van der Waals surface area contributed by atoms with Gasteiger partial charge in [-0.1, -0.05) is 69.3 Å². The number of anilines is 3. The van der Waals surface area contributed by atoms with Crippen molar-refractivity contribution < 1.29 is 9.84 Å². The summed E-state index contributed by atoms with van der Waals surface area (Å²) in [4.78, 5) is 11.3. The third-order valence-corrected chi connectivity index (χ3v) is 6.06. The Labute approximate surface area is 217 Å². The smallest absolute Gasteiger partial charge is 0.221 e. The molecule has 5 heteroatoms. The van der Waals surface area contributed by atoms with Crippen LogP contribution < -0.4 is 9.64 Å². The zero-order chi connectivity index (χ0) is 25.8. The Kier molecular flexibility index (Phi) is 6.60. The summed E-state index contributed by atoms with van der Waals surface area (Å²) in [6.07, 6.45) is 1.77. The van der Waals surface area contributed by atoms with Gasteiger partial charge in [0.1, 0.15) is 23.1 Å². The van der Waals surface area contributed by atoms with Crippen LogP contribution in [0.15, 0.2) is 115 Å². The second kappa shape index (κ2) is 10.2. The first-order chi connectivity index (χ1) is 17.9. The first-order valence-corrected chi connectivity index (χ1v) is 12.2. The number of phenolic OH excluding ortho intramolecular Hbond substituents is 1. The Morgan fingerprint density at radius 3 is 2.24 bits per heavy atom. The van der Waals surface area contributed by atoms with Gasteiger partial charge >= 0.3 is 0 Å². The second-order valence-corrected chi connectivity index (χ2v) is 9.80. The van der Waals surface area contributed by atoms with Gasteiger partial charge in [-0.25, -0.2) is 4.98 Å². The summed E-state index contributed by atoms with van der Waals surface area (Å²) in [6, 6.07) is 34.9. The minimum absolute atomic E-state index is 0.0286. The molecule has 0 aliphatic carbocycles. The molecular weight excluding hydrogens is 458 g/mol. The van der Waals surface area contributed by atoms with Gasteiger partial charge in [0.15, 0.2) is 0 Å². The fourth-order valence-electron chi connectivity index (χ4n) is 4.11. The molecule has 0 amide bonds. The molecular formula is C32H29N3O2. The predicted octanol–water partition coefficient (Wildman–Crippen LogP) is 8.41. The first kappa shape index (κ1) is 24.1. The molecule has 5 nitrogen and oxygen atoms in total. The van der Waals surface area contributed by atoms with E-state index in [4.69, 9.17) is 9.72 Å². The number of hydrogen-bond acceptors (Lipinski definition) is 5. The normalized spacial score (nSPS) is 11.2. The Bertz CT molecular complexity index is 1460. The molecule has 5 rings (SSSR count). The number of aromatic nitrogens is 2. The Balaban J connectivity index is 1.47. The van der Waals surface area contributed by atoms with Crippen molar-refractivity contribution in [2.45, 2.75) is 26.2 Å². The van der Waals surface area contributed by atoms with Crippen molar-refractivity contribution in [1.82, 2.24) is 9.97 Å². The van der Waals surface area contributed by atoms with E-state index in [0.29, 0.717) is 17.4 Å². The van der Waals surface area contributed by atoms with Crippen molar-refractivity contribution in [3.8, 4) is 28.5 Å².